The van der Waals surface area contributed by atoms with Gasteiger partial charge < -0.3 is 14.9 Å². The first-order valence-corrected chi connectivity index (χ1v) is 4.68. The van der Waals surface area contributed by atoms with Gasteiger partial charge in [0.05, 0.1) is 11.8 Å². The molecule has 0 unspecified atom stereocenters. The summed E-state index contributed by atoms with van der Waals surface area (Å²) >= 11 is 0. The Morgan fingerprint density at radius 2 is 2.31 bits per heavy atom. The van der Waals surface area contributed by atoms with E-state index in [-0.39, 0.29) is 12.2 Å². The standard InChI is InChI=1S/C9H18N2O2/c1-7(2)11-12-6-9-5-10-4-8(3)13-9/h8-10H,4-6H2,1-3H3/t8-,9-/m1/s1. The highest BCUT2D eigenvalue weighted by molar-refractivity contribution is 5.78. The Morgan fingerprint density at radius 1 is 1.54 bits per heavy atom. The third kappa shape index (κ3) is 4.24. The lowest BCUT2D eigenvalue weighted by atomic mass is 10.2. The molecule has 0 spiro atoms. The predicted octanol–water partition coefficient (Wildman–Crippen LogP) is 0.776. The molecule has 0 aromatic heterocycles. The highest BCUT2D eigenvalue weighted by Gasteiger charge is 2.18. The summed E-state index contributed by atoms with van der Waals surface area (Å²) < 4.78 is 5.61. The van der Waals surface area contributed by atoms with Crippen LogP contribution in [0.2, 0.25) is 0 Å². The summed E-state index contributed by atoms with van der Waals surface area (Å²) in [5.41, 5.74) is 0.928. The largest absolute Gasteiger partial charge is 0.393 e. The number of oxime groups is 1. The molecule has 0 saturated carbocycles. The van der Waals surface area contributed by atoms with Crippen molar-refractivity contribution in [2.75, 3.05) is 19.7 Å². The number of rotatable bonds is 3. The van der Waals surface area contributed by atoms with Crippen LogP contribution in [0, 0.1) is 0 Å². The molecule has 1 aliphatic heterocycles. The Hall–Kier alpha value is -0.610. The Kier molecular flexibility index (Phi) is 4.18. The Bertz CT molecular complexity index is 178. The van der Waals surface area contributed by atoms with Crippen molar-refractivity contribution in [3.63, 3.8) is 0 Å². The number of hydrogen-bond acceptors (Lipinski definition) is 4. The second-order valence-electron chi connectivity index (χ2n) is 3.56. The first kappa shape index (κ1) is 10.5. The zero-order valence-electron chi connectivity index (χ0n) is 8.54. The van der Waals surface area contributed by atoms with Crippen LogP contribution in [0.15, 0.2) is 5.16 Å². The molecule has 1 fully saturated rings. The van der Waals surface area contributed by atoms with Crippen LogP contribution >= 0.6 is 0 Å². The Balaban J connectivity index is 2.17. The predicted molar refractivity (Wildman–Crippen MR) is 51.9 cm³/mol. The van der Waals surface area contributed by atoms with Crippen molar-refractivity contribution in [1.82, 2.24) is 5.32 Å². The van der Waals surface area contributed by atoms with Crippen molar-refractivity contribution >= 4 is 5.71 Å². The van der Waals surface area contributed by atoms with Crippen LogP contribution in [0.4, 0.5) is 0 Å². The maximum absolute atomic E-state index is 5.61. The first-order chi connectivity index (χ1) is 6.18. The summed E-state index contributed by atoms with van der Waals surface area (Å²) in [5.74, 6) is 0. The molecule has 0 bridgehead atoms. The molecule has 2 atom stereocenters. The van der Waals surface area contributed by atoms with E-state index in [9.17, 15) is 0 Å². The lowest BCUT2D eigenvalue weighted by molar-refractivity contribution is -0.0679. The fourth-order valence-corrected chi connectivity index (χ4v) is 1.22. The van der Waals surface area contributed by atoms with Gasteiger partial charge in [0.25, 0.3) is 0 Å². The molecule has 0 aliphatic carbocycles. The summed E-state index contributed by atoms with van der Waals surface area (Å²) in [6.45, 7) is 8.16. The van der Waals surface area contributed by atoms with Crippen LogP contribution in [-0.2, 0) is 9.57 Å². The summed E-state index contributed by atoms with van der Waals surface area (Å²) in [6.07, 6.45) is 0.404. The maximum Gasteiger partial charge on any atom is 0.144 e. The number of nitrogens with one attached hydrogen (secondary N) is 1. The minimum absolute atomic E-state index is 0.131. The Labute approximate surface area is 79.3 Å². The monoisotopic (exact) mass is 186 g/mol. The van der Waals surface area contributed by atoms with Gasteiger partial charge >= 0.3 is 0 Å². The molecule has 1 N–H and O–H groups in total. The molecule has 4 nitrogen and oxygen atoms in total. The molecule has 4 heteroatoms. The van der Waals surface area contributed by atoms with Gasteiger partial charge in [-0.15, -0.1) is 0 Å². The molecule has 0 radical (unpaired) electrons. The zero-order chi connectivity index (χ0) is 9.68. The Morgan fingerprint density at radius 3 is 2.92 bits per heavy atom. The summed E-state index contributed by atoms with van der Waals surface area (Å²) in [4.78, 5) is 5.11. The van der Waals surface area contributed by atoms with Gasteiger partial charge in [-0.2, -0.15) is 0 Å². The highest BCUT2D eigenvalue weighted by atomic mass is 16.6. The van der Waals surface area contributed by atoms with E-state index in [1.54, 1.807) is 0 Å². The van der Waals surface area contributed by atoms with E-state index in [2.05, 4.69) is 10.5 Å². The van der Waals surface area contributed by atoms with Crippen molar-refractivity contribution in [2.45, 2.75) is 33.0 Å². The fourth-order valence-electron chi connectivity index (χ4n) is 1.22. The van der Waals surface area contributed by atoms with Crippen molar-refractivity contribution < 1.29 is 9.57 Å². The SMILES string of the molecule is CC(C)=NOC[C@H]1CNC[C@@H](C)O1. The van der Waals surface area contributed by atoms with E-state index in [0.29, 0.717) is 6.61 Å². The summed E-state index contributed by atoms with van der Waals surface area (Å²) in [5, 5.41) is 7.12. The van der Waals surface area contributed by atoms with Crippen LogP contribution < -0.4 is 5.32 Å². The van der Waals surface area contributed by atoms with Crippen molar-refractivity contribution in [1.29, 1.82) is 0 Å². The fraction of sp³-hybridized carbons (Fsp3) is 0.889. The molecule has 76 valence electrons. The maximum atomic E-state index is 5.61. The van der Waals surface area contributed by atoms with E-state index in [1.807, 2.05) is 20.8 Å². The van der Waals surface area contributed by atoms with Gasteiger partial charge in [-0.25, -0.2) is 0 Å². The van der Waals surface area contributed by atoms with E-state index >= 15 is 0 Å². The molecular formula is C9H18N2O2. The molecule has 0 aromatic carbocycles. The van der Waals surface area contributed by atoms with E-state index < -0.39 is 0 Å². The highest BCUT2D eigenvalue weighted by Crippen LogP contribution is 2.03. The van der Waals surface area contributed by atoms with Crippen LogP contribution in [0.5, 0.6) is 0 Å². The number of nitrogens with zero attached hydrogens (tertiary/aromatic N) is 1. The summed E-state index contributed by atoms with van der Waals surface area (Å²) in [7, 11) is 0. The molecule has 0 amide bonds. The number of hydrogen-bond donors (Lipinski definition) is 1. The van der Waals surface area contributed by atoms with E-state index in [4.69, 9.17) is 9.57 Å². The van der Waals surface area contributed by atoms with E-state index in [0.717, 1.165) is 18.8 Å². The van der Waals surface area contributed by atoms with Crippen molar-refractivity contribution in [3.05, 3.63) is 0 Å². The van der Waals surface area contributed by atoms with Gasteiger partial charge in [0, 0.05) is 13.1 Å². The zero-order valence-corrected chi connectivity index (χ0v) is 8.54. The van der Waals surface area contributed by atoms with Crippen LogP contribution in [0.3, 0.4) is 0 Å². The molecular weight excluding hydrogens is 168 g/mol. The van der Waals surface area contributed by atoms with Crippen molar-refractivity contribution in [2.24, 2.45) is 5.16 Å². The minimum Gasteiger partial charge on any atom is -0.393 e. The smallest absolute Gasteiger partial charge is 0.144 e. The first-order valence-electron chi connectivity index (χ1n) is 4.68. The van der Waals surface area contributed by atoms with Gasteiger partial charge in [0.15, 0.2) is 0 Å². The third-order valence-electron chi connectivity index (χ3n) is 1.74. The second kappa shape index (κ2) is 5.19. The molecule has 1 rings (SSSR count). The molecule has 1 aliphatic rings. The van der Waals surface area contributed by atoms with Gasteiger partial charge in [-0.05, 0) is 20.8 Å². The number of ether oxygens (including phenoxy) is 1. The minimum atomic E-state index is 0.131. The second-order valence-corrected chi connectivity index (χ2v) is 3.56. The van der Waals surface area contributed by atoms with Gasteiger partial charge in [0.1, 0.15) is 12.7 Å². The third-order valence-corrected chi connectivity index (χ3v) is 1.74. The number of morpholine rings is 1. The topological polar surface area (TPSA) is 42.8 Å². The quantitative estimate of drug-likeness (QED) is 0.523. The molecule has 1 saturated heterocycles. The van der Waals surface area contributed by atoms with Gasteiger partial charge in [0.2, 0.25) is 0 Å². The van der Waals surface area contributed by atoms with E-state index in [1.165, 1.54) is 0 Å². The van der Waals surface area contributed by atoms with Crippen molar-refractivity contribution in [3.8, 4) is 0 Å². The normalized spacial score (nSPS) is 28.2. The van der Waals surface area contributed by atoms with Gasteiger partial charge in [-0.1, -0.05) is 5.16 Å². The van der Waals surface area contributed by atoms with Crippen LogP contribution in [0.25, 0.3) is 0 Å². The van der Waals surface area contributed by atoms with Crippen LogP contribution in [0.1, 0.15) is 20.8 Å². The van der Waals surface area contributed by atoms with Gasteiger partial charge in [-0.3, -0.25) is 0 Å². The molecule has 1 heterocycles. The molecule has 0 aromatic rings. The lowest BCUT2D eigenvalue weighted by Crippen LogP contribution is -2.45. The van der Waals surface area contributed by atoms with Crippen LogP contribution in [-0.4, -0.2) is 37.6 Å². The average Bonchev–Trinajstić information content (AvgIpc) is 2.03. The average molecular weight is 186 g/mol. The summed E-state index contributed by atoms with van der Waals surface area (Å²) in [6, 6.07) is 0. The molecule has 13 heavy (non-hydrogen) atoms. The lowest BCUT2D eigenvalue weighted by Gasteiger charge is -2.27.